The molecule has 1 atom stereocenters. The van der Waals surface area contributed by atoms with Gasteiger partial charge in [-0.1, -0.05) is 13.8 Å². The average Bonchev–Trinajstić information content (AvgIpc) is 2.85. The van der Waals surface area contributed by atoms with E-state index in [1.165, 1.54) is 12.4 Å². The van der Waals surface area contributed by atoms with Crippen LogP contribution in [-0.2, 0) is 0 Å². The van der Waals surface area contributed by atoms with Crippen molar-refractivity contribution in [1.82, 2.24) is 15.3 Å². The number of halogens is 1. The van der Waals surface area contributed by atoms with Crippen molar-refractivity contribution in [3.8, 4) is 0 Å². The molecule has 0 aliphatic heterocycles. The summed E-state index contributed by atoms with van der Waals surface area (Å²) in [5.41, 5.74) is 1.12. The number of aliphatic hydroxyl groups is 1. The SMILES string of the molecule is CC(C)C(O)CCNC(=O)c1cc(F)cc2[nH]cnc12. The van der Waals surface area contributed by atoms with Gasteiger partial charge in [0.15, 0.2) is 0 Å². The quantitative estimate of drug-likeness (QED) is 0.781. The number of aromatic nitrogens is 2. The lowest BCUT2D eigenvalue weighted by atomic mass is 10.0. The van der Waals surface area contributed by atoms with Crippen LogP contribution < -0.4 is 5.32 Å². The maximum atomic E-state index is 13.4. The minimum Gasteiger partial charge on any atom is -0.393 e. The predicted octanol–water partition coefficient (Wildman–Crippen LogP) is 1.84. The summed E-state index contributed by atoms with van der Waals surface area (Å²) < 4.78 is 13.4. The topological polar surface area (TPSA) is 78.0 Å². The third-order valence-electron chi connectivity index (χ3n) is 3.23. The van der Waals surface area contributed by atoms with Gasteiger partial charge < -0.3 is 15.4 Å². The second-order valence-corrected chi connectivity index (χ2v) is 5.11. The number of nitrogens with one attached hydrogen (secondary N) is 2. The number of aromatic amines is 1. The Bertz CT molecular complexity index is 609. The number of rotatable bonds is 5. The van der Waals surface area contributed by atoms with Crippen molar-refractivity contribution in [3.05, 3.63) is 29.8 Å². The Morgan fingerprint density at radius 1 is 1.50 bits per heavy atom. The largest absolute Gasteiger partial charge is 0.393 e. The molecule has 1 aromatic carbocycles. The first-order valence-corrected chi connectivity index (χ1v) is 6.58. The first-order chi connectivity index (χ1) is 9.49. The Balaban J connectivity index is 2.06. The zero-order valence-electron chi connectivity index (χ0n) is 11.5. The summed E-state index contributed by atoms with van der Waals surface area (Å²) in [6, 6.07) is 2.46. The lowest BCUT2D eigenvalue weighted by molar-refractivity contribution is 0.0921. The molecule has 2 rings (SSSR count). The third kappa shape index (κ3) is 3.14. The monoisotopic (exact) mass is 279 g/mol. The van der Waals surface area contributed by atoms with E-state index >= 15 is 0 Å². The molecule has 0 saturated carbocycles. The van der Waals surface area contributed by atoms with Crippen molar-refractivity contribution in [2.45, 2.75) is 26.4 Å². The van der Waals surface area contributed by atoms with Gasteiger partial charge in [0.25, 0.3) is 5.91 Å². The molecule has 0 spiro atoms. The van der Waals surface area contributed by atoms with Gasteiger partial charge in [0, 0.05) is 6.54 Å². The minimum absolute atomic E-state index is 0.138. The van der Waals surface area contributed by atoms with Crippen molar-refractivity contribution in [3.63, 3.8) is 0 Å². The molecule has 0 fully saturated rings. The maximum Gasteiger partial charge on any atom is 0.253 e. The lowest BCUT2D eigenvalue weighted by Gasteiger charge is -2.14. The number of imidazole rings is 1. The number of aliphatic hydroxyl groups excluding tert-OH is 1. The number of carbonyl (C=O) groups is 1. The van der Waals surface area contributed by atoms with Crippen LogP contribution in [0.5, 0.6) is 0 Å². The molecule has 0 radical (unpaired) electrons. The van der Waals surface area contributed by atoms with Crippen LogP contribution in [0, 0.1) is 11.7 Å². The molecule has 108 valence electrons. The third-order valence-corrected chi connectivity index (χ3v) is 3.23. The van der Waals surface area contributed by atoms with Gasteiger partial charge in [-0.05, 0) is 24.5 Å². The summed E-state index contributed by atoms with van der Waals surface area (Å²) in [5.74, 6) is -0.745. The van der Waals surface area contributed by atoms with Gasteiger partial charge >= 0.3 is 0 Å². The Morgan fingerprint density at radius 2 is 2.25 bits per heavy atom. The van der Waals surface area contributed by atoms with E-state index in [0.717, 1.165) is 6.07 Å². The molecule has 0 saturated heterocycles. The van der Waals surface area contributed by atoms with Crippen molar-refractivity contribution in [1.29, 1.82) is 0 Å². The van der Waals surface area contributed by atoms with Crippen LogP contribution in [0.4, 0.5) is 4.39 Å². The highest BCUT2D eigenvalue weighted by Gasteiger charge is 2.15. The maximum absolute atomic E-state index is 13.4. The fourth-order valence-electron chi connectivity index (χ4n) is 1.95. The number of fused-ring (bicyclic) bond motifs is 1. The van der Waals surface area contributed by atoms with E-state index in [2.05, 4.69) is 15.3 Å². The highest BCUT2D eigenvalue weighted by molar-refractivity contribution is 6.04. The van der Waals surface area contributed by atoms with Crippen molar-refractivity contribution in [2.75, 3.05) is 6.54 Å². The van der Waals surface area contributed by atoms with Gasteiger partial charge in [0.05, 0.1) is 23.5 Å². The first kappa shape index (κ1) is 14.5. The van der Waals surface area contributed by atoms with Crippen LogP contribution in [0.15, 0.2) is 18.5 Å². The van der Waals surface area contributed by atoms with Gasteiger partial charge in [0.2, 0.25) is 0 Å². The summed E-state index contributed by atoms with van der Waals surface area (Å²) in [5, 5.41) is 12.3. The number of amides is 1. The Kier molecular flexibility index (Phi) is 4.34. The molecular weight excluding hydrogens is 261 g/mol. The zero-order chi connectivity index (χ0) is 14.7. The fourth-order valence-corrected chi connectivity index (χ4v) is 1.95. The summed E-state index contributed by atoms with van der Waals surface area (Å²) in [6.07, 6.45) is 1.42. The number of H-pyrrole nitrogens is 1. The summed E-state index contributed by atoms with van der Waals surface area (Å²) >= 11 is 0. The Hall–Kier alpha value is -1.95. The van der Waals surface area contributed by atoms with Crippen LogP contribution in [0.25, 0.3) is 11.0 Å². The molecule has 0 aliphatic rings. The molecule has 1 heterocycles. The second kappa shape index (κ2) is 6.00. The summed E-state index contributed by atoms with van der Waals surface area (Å²) in [6.45, 7) is 4.15. The van der Waals surface area contributed by atoms with Gasteiger partial charge in [-0.3, -0.25) is 4.79 Å². The molecule has 1 amide bonds. The minimum atomic E-state index is -0.492. The van der Waals surface area contributed by atoms with Crippen LogP contribution in [0.2, 0.25) is 0 Å². The molecule has 6 heteroatoms. The van der Waals surface area contributed by atoms with Crippen LogP contribution in [0.3, 0.4) is 0 Å². The number of nitrogens with zero attached hydrogens (tertiary/aromatic N) is 1. The zero-order valence-corrected chi connectivity index (χ0v) is 11.5. The van der Waals surface area contributed by atoms with E-state index in [1.54, 1.807) is 0 Å². The highest BCUT2D eigenvalue weighted by atomic mass is 19.1. The van der Waals surface area contributed by atoms with E-state index in [0.29, 0.717) is 24.0 Å². The second-order valence-electron chi connectivity index (χ2n) is 5.11. The van der Waals surface area contributed by atoms with E-state index in [1.807, 2.05) is 13.8 Å². The number of benzene rings is 1. The number of carbonyl (C=O) groups excluding carboxylic acids is 1. The number of hydrogen-bond donors (Lipinski definition) is 3. The Morgan fingerprint density at radius 3 is 2.95 bits per heavy atom. The smallest absolute Gasteiger partial charge is 0.253 e. The molecule has 20 heavy (non-hydrogen) atoms. The molecule has 3 N–H and O–H groups in total. The molecular formula is C14H18FN3O2. The molecule has 1 unspecified atom stereocenters. The fraction of sp³-hybridized carbons (Fsp3) is 0.429. The van der Waals surface area contributed by atoms with Gasteiger partial charge in [-0.2, -0.15) is 0 Å². The molecule has 0 bridgehead atoms. The lowest BCUT2D eigenvalue weighted by Crippen LogP contribution is -2.29. The van der Waals surface area contributed by atoms with Crippen molar-refractivity contribution in [2.24, 2.45) is 5.92 Å². The van der Waals surface area contributed by atoms with Crippen molar-refractivity contribution >= 4 is 16.9 Å². The molecule has 1 aromatic heterocycles. The highest BCUT2D eigenvalue weighted by Crippen LogP contribution is 2.17. The standard InChI is InChI=1S/C14H18FN3O2/c1-8(2)12(19)3-4-16-14(20)10-5-9(15)6-11-13(10)18-7-17-11/h5-8,12,19H,3-4H2,1-2H3,(H,16,20)(H,17,18). The van der Waals surface area contributed by atoms with Crippen LogP contribution in [0.1, 0.15) is 30.6 Å². The van der Waals surface area contributed by atoms with E-state index in [4.69, 9.17) is 0 Å². The molecule has 0 aliphatic carbocycles. The van der Waals surface area contributed by atoms with Crippen LogP contribution >= 0.6 is 0 Å². The number of hydrogen-bond acceptors (Lipinski definition) is 3. The van der Waals surface area contributed by atoms with Crippen molar-refractivity contribution < 1.29 is 14.3 Å². The molecule has 5 nitrogen and oxygen atoms in total. The predicted molar refractivity (Wildman–Crippen MR) is 73.8 cm³/mol. The summed E-state index contributed by atoms with van der Waals surface area (Å²) in [4.78, 5) is 18.8. The average molecular weight is 279 g/mol. The molecule has 2 aromatic rings. The summed E-state index contributed by atoms with van der Waals surface area (Å²) in [7, 11) is 0. The first-order valence-electron chi connectivity index (χ1n) is 6.58. The van der Waals surface area contributed by atoms with E-state index in [-0.39, 0.29) is 11.5 Å². The van der Waals surface area contributed by atoms with Gasteiger partial charge in [-0.25, -0.2) is 9.37 Å². The van der Waals surface area contributed by atoms with Crippen LogP contribution in [-0.4, -0.2) is 33.6 Å². The van der Waals surface area contributed by atoms with E-state index in [9.17, 15) is 14.3 Å². The van der Waals surface area contributed by atoms with Gasteiger partial charge in [-0.15, -0.1) is 0 Å². The Labute approximate surface area is 116 Å². The normalized spacial score (nSPS) is 12.8. The van der Waals surface area contributed by atoms with Gasteiger partial charge in [0.1, 0.15) is 11.3 Å². The van der Waals surface area contributed by atoms with E-state index < -0.39 is 17.8 Å².